The van der Waals surface area contributed by atoms with Crippen LogP contribution in [-0.2, 0) is 13.0 Å². The summed E-state index contributed by atoms with van der Waals surface area (Å²) in [6.45, 7) is 6.81. The van der Waals surface area contributed by atoms with Crippen molar-refractivity contribution in [2.45, 2.75) is 39.8 Å². The molecule has 184 valence electrons. The topological polar surface area (TPSA) is 85.0 Å². The van der Waals surface area contributed by atoms with Crippen molar-refractivity contribution in [2.24, 2.45) is 0 Å². The van der Waals surface area contributed by atoms with Gasteiger partial charge in [0, 0.05) is 50.4 Å². The maximum Gasteiger partial charge on any atom is 0.259 e. The lowest BCUT2D eigenvalue weighted by atomic mass is 10.0. The van der Waals surface area contributed by atoms with Gasteiger partial charge in [0.2, 0.25) is 0 Å². The number of pyridine rings is 1. The Balaban J connectivity index is 1.68. The van der Waals surface area contributed by atoms with Crippen molar-refractivity contribution in [3.8, 4) is 5.75 Å². The maximum absolute atomic E-state index is 13.7. The van der Waals surface area contributed by atoms with E-state index in [0.717, 1.165) is 11.1 Å². The number of fused-ring (bicyclic) bond motifs is 1. The first-order valence-corrected chi connectivity index (χ1v) is 11.7. The second kappa shape index (κ2) is 9.82. The predicted octanol–water partition coefficient (Wildman–Crippen LogP) is 3.60. The van der Waals surface area contributed by atoms with Gasteiger partial charge >= 0.3 is 0 Å². The zero-order valence-corrected chi connectivity index (χ0v) is 20.8. The van der Waals surface area contributed by atoms with E-state index in [-0.39, 0.29) is 29.2 Å². The minimum absolute atomic E-state index is 0.0737. The van der Waals surface area contributed by atoms with Crippen LogP contribution in [0, 0.1) is 13.8 Å². The molecule has 8 nitrogen and oxygen atoms in total. The van der Waals surface area contributed by atoms with Crippen LogP contribution in [-0.4, -0.2) is 53.4 Å². The minimum atomic E-state index is -0.317. The molecule has 2 amide bonds. The van der Waals surface area contributed by atoms with Crippen molar-refractivity contribution >= 4 is 11.8 Å². The Morgan fingerprint density at radius 2 is 1.89 bits per heavy atom. The average Bonchev–Trinajstić information content (AvgIpc) is 3.30. The zero-order chi connectivity index (χ0) is 25.3. The average molecular weight is 478 g/mol. The van der Waals surface area contributed by atoms with Gasteiger partial charge in [0.15, 0.2) is 0 Å². The molecule has 0 saturated heterocycles. The fourth-order valence-electron chi connectivity index (χ4n) is 4.55. The second-order valence-corrected chi connectivity index (χ2v) is 8.99. The molecule has 0 fully saturated rings. The summed E-state index contributed by atoms with van der Waals surface area (Å²) in [6.07, 6.45) is 1.92. The highest BCUT2D eigenvalue weighted by molar-refractivity contribution is 5.98. The van der Waals surface area contributed by atoms with Crippen molar-refractivity contribution in [1.29, 1.82) is 0 Å². The van der Waals surface area contributed by atoms with Crippen LogP contribution in [0.5, 0.6) is 5.75 Å². The SMILES string of the molecule is COc1cc(=O)n2c(c1C(=O)N(C)[C@@H](C)c1ccco1)CCN(C(=O)c1cc(C)ccc1C)CC2. The van der Waals surface area contributed by atoms with Crippen molar-refractivity contribution in [1.82, 2.24) is 14.4 Å². The molecule has 3 heterocycles. The van der Waals surface area contributed by atoms with Crippen LogP contribution in [0.1, 0.15) is 56.3 Å². The van der Waals surface area contributed by atoms with E-state index in [9.17, 15) is 14.4 Å². The molecule has 0 radical (unpaired) electrons. The van der Waals surface area contributed by atoms with Crippen molar-refractivity contribution in [3.63, 3.8) is 0 Å². The predicted molar refractivity (Wildman–Crippen MR) is 132 cm³/mol. The number of methoxy groups -OCH3 is 1. The summed E-state index contributed by atoms with van der Waals surface area (Å²) in [5, 5.41) is 0. The summed E-state index contributed by atoms with van der Waals surface area (Å²) in [5.74, 6) is 0.544. The van der Waals surface area contributed by atoms with Crippen LogP contribution < -0.4 is 10.3 Å². The molecule has 1 aromatic carbocycles. The minimum Gasteiger partial charge on any atom is -0.496 e. The Morgan fingerprint density at radius 1 is 1.11 bits per heavy atom. The summed E-state index contributed by atoms with van der Waals surface area (Å²) in [7, 11) is 3.15. The number of hydrogen-bond donors (Lipinski definition) is 0. The highest BCUT2D eigenvalue weighted by Crippen LogP contribution is 2.28. The lowest BCUT2D eigenvalue weighted by Crippen LogP contribution is -2.34. The second-order valence-electron chi connectivity index (χ2n) is 8.99. The third-order valence-corrected chi connectivity index (χ3v) is 6.79. The number of nitrogens with zero attached hydrogens (tertiary/aromatic N) is 3. The number of rotatable bonds is 5. The lowest BCUT2D eigenvalue weighted by molar-refractivity contribution is 0.0720. The highest BCUT2D eigenvalue weighted by Gasteiger charge is 2.30. The molecule has 0 aliphatic carbocycles. The van der Waals surface area contributed by atoms with Crippen LogP contribution in [0.4, 0.5) is 0 Å². The summed E-state index contributed by atoms with van der Waals surface area (Å²) >= 11 is 0. The van der Waals surface area contributed by atoms with Crippen molar-refractivity contribution in [3.05, 3.63) is 86.7 Å². The third-order valence-electron chi connectivity index (χ3n) is 6.79. The van der Waals surface area contributed by atoms with Gasteiger partial charge in [-0.1, -0.05) is 17.7 Å². The first-order valence-electron chi connectivity index (χ1n) is 11.7. The maximum atomic E-state index is 13.7. The van der Waals surface area contributed by atoms with Gasteiger partial charge in [-0.3, -0.25) is 14.4 Å². The molecular formula is C27H31N3O5. The van der Waals surface area contributed by atoms with Gasteiger partial charge < -0.3 is 23.5 Å². The Morgan fingerprint density at radius 3 is 2.57 bits per heavy atom. The van der Waals surface area contributed by atoms with Crippen LogP contribution in [0.3, 0.4) is 0 Å². The number of furan rings is 1. The molecule has 35 heavy (non-hydrogen) atoms. The van der Waals surface area contributed by atoms with Crippen LogP contribution in [0.15, 0.2) is 51.9 Å². The quantitative estimate of drug-likeness (QED) is 0.561. The molecule has 1 atom stereocenters. The molecular weight excluding hydrogens is 446 g/mol. The van der Waals surface area contributed by atoms with Crippen molar-refractivity contribution < 1.29 is 18.7 Å². The largest absolute Gasteiger partial charge is 0.496 e. The van der Waals surface area contributed by atoms with E-state index >= 15 is 0 Å². The molecule has 0 spiro atoms. The Hall–Kier alpha value is -3.81. The fraction of sp³-hybridized carbons (Fsp3) is 0.370. The highest BCUT2D eigenvalue weighted by atomic mass is 16.5. The molecule has 0 unspecified atom stereocenters. The first-order chi connectivity index (χ1) is 16.7. The molecule has 4 rings (SSSR count). The van der Waals surface area contributed by atoms with E-state index in [2.05, 4.69) is 0 Å². The van der Waals surface area contributed by atoms with Crippen LogP contribution in [0.2, 0.25) is 0 Å². The van der Waals surface area contributed by atoms with Crippen molar-refractivity contribution in [2.75, 3.05) is 27.2 Å². The molecule has 3 aromatic rings. The zero-order valence-electron chi connectivity index (χ0n) is 20.8. The van der Waals surface area contributed by atoms with E-state index < -0.39 is 0 Å². The molecule has 0 bridgehead atoms. The molecule has 1 aliphatic rings. The van der Waals surface area contributed by atoms with E-state index in [1.807, 2.05) is 45.0 Å². The Kier molecular flexibility index (Phi) is 6.82. The Labute approximate surface area is 204 Å². The van der Waals surface area contributed by atoms with E-state index in [1.54, 1.807) is 33.7 Å². The summed E-state index contributed by atoms with van der Waals surface area (Å²) in [4.78, 5) is 43.3. The first kappa shape index (κ1) is 24.3. The summed E-state index contributed by atoms with van der Waals surface area (Å²) in [5.41, 5.74) is 3.24. The van der Waals surface area contributed by atoms with Gasteiger partial charge in [-0.25, -0.2) is 0 Å². The number of carbonyl (C=O) groups excluding carboxylic acids is 2. The smallest absolute Gasteiger partial charge is 0.259 e. The van der Waals surface area contributed by atoms with E-state index in [4.69, 9.17) is 9.15 Å². The molecule has 8 heteroatoms. The Bertz CT molecular complexity index is 1310. The molecule has 0 N–H and O–H groups in total. The fourth-order valence-corrected chi connectivity index (χ4v) is 4.55. The number of aromatic nitrogens is 1. The van der Waals surface area contributed by atoms with Crippen LogP contribution >= 0.6 is 0 Å². The number of amides is 2. The molecule has 0 saturated carbocycles. The van der Waals surface area contributed by atoms with E-state index in [1.165, 1.54) is 13.2 Å². The van der Waals surface area contributed by atoms with Gasteiger partial charge in [-0.05, 0) is 44.5 Å². The standard InChI is InChI=1S/C27H31N3O5/c1-17-8-9-18(2)20(15-17)26(32)29-11-10-21-25(23(34-5)16-24(31)30(21)13-12-29)27(33)28(4)19(3)22-7-6-14-35-22/h6-9,14-16,19H,10-13H2,1-5H3/t19-/m0/s1. The van der Waals surface area contributed by atoms with Gasteiger partial charge in [0.1, 0.15) is 17.1 Å². The monoisotopic (exact) mass is 477 g/mol. The van der Waals surface area contributed by atoms with Gasteiger partial charge in [0.25, 0.3) is 17.4 Å². The number of carbonyl (C=O) groups is 2. The number of aryl methyl sites for hydroxylation is 2. The van der Waals surface area contributed by atoms with Crippen LogP contribution in [0.25, 0.3) is 0 Å². The van der Waals surface area contributed by atoms with Gasteiger partial charge in [-0.2, -0.15) is 0 Å². The van der Waals surface area contributed by atoms with E-state index in [0.29, 0.717) is 48.6 Å². The summed E-state index contributed by atoms with van der Waals surface area (Å²) in [6, 6.07) is 10.4. The number of ether oxygens (including phenoxy) is 1. The lowest BCUT2D eigenvalue weighted by Gasteiger charge is -2.26. The van der Waals surface area contributed by atoms with Gasteiger partial charge in [-0.15, -0.1) is 0 Å². The molecule has 1 aliphatic heterocycles. The number of benzene rings is 1. The van der Waals surface area contributed by atoms with Gasteiger partial charge in [0.05, 0.1) is 19.4 Å². The normalized spacial score (nSPS) is 14.1. The summed E-state index contributed by atoms with van der Waals surface area (Å²) < 4.78 is 12.6. The number of hydrogen-bond acceptors (Lipinski definition) is 5. The third kappa shape index (κ3) is 4.60. The molecule has 2 aromatic heterocycles.